The van der Waals surface area contributed by atoms with Crippen molar-refractivity contribution in [1.82, 2.24) is 15.1 Å². The van der Waals surface area contributed by atoms with Crippen LogP contribution in [0, 0.1) is 0 Å². The second-order valence-electron chi connectivity index (χ2n) is 5.59. The van der Waals surface area contributed by atoms with E-state index < -0.39 is 0 Å². The Balaban J connectivity index is 1.57. The van der Waals surface area contributed by atoms with E-state index in [1.807, 2.05) is 11.3 Å². The Bertz CT molecular complexity index is 333. The van der Waals surface area contributed by atoms with Crippen molar-refractivity contribution in [2.24, 2.45) is 0 Å². The topological polar surface area (TPSA) is 18.5 Å². The summed E-state index contributed by atoms with van der Waals surface area (Å²) in [7, 11) is 2.24. The molecule has 4 heteroatoms. The highest BCUT2D eigenvalue weighted by Crippen LogP contribution is 2.08. The summed E-state index contributed by atoms with van der Waals surface area (Å²) in [6.45, 7) is 9.40. The molecule has 1 N–H and O–H groups in total. The summed E-state index contributed by atoms with van der Waals surface area (Å²) in [5, 5.41) is 5.69. The maximum atomic E-state index is 3.55. The van der Waals surface area contributed by atoms with Gasteiger partial charge in [0.25, 0.3) is 0 Å². The van der Waals surface area contributed by atoms with E-state index in [4.69, 9.17) is 0 Å². The quantitative estimate of drug-likeness (QED) is 0.788. The maximum Gasteiger partial charge on any atom is 0.0300 e. The highest BCUT2D eigenvalue weighted by molar-refractivity contribution is 7.09. The monoisotopic (exact) mass is 281 g/mol. The van der Waals surface area contributed by atoms with E-state index in [-0.39, 0.29) is 0 Å². The number of nitrogens with zero attached hydrogens (tertiary/aromatic N) is 2. The van der Waals surface area contributed by atoms with E-state index in [1.54, 1.807) is 0 Å². The minimum absolute atomic E-state index is 0.600. The molecule has 2 heterocycles. The molecular weight excluding hydrogens is 254 g/mol. The van der Waals surface area contributed by atoms with E-state index in [0.29, 0.717) is 6.04 Å². The van der Waals surface area contributed by atoms with Crippen molar-refractivity contribution in [3.8, 4) is 0 Å². The van der Waals surface area contributed by atoms with Crippen LogP contribution < -0.4 is 5.32 Å². The van der Waals surface area contributed by atoms with Gasteiger partial charge in [0, 0.05) is 37.1 Å². The Labute approximate surface area is 121 Å². The summed E-state index contributed by atoms with van der Waals surface area (Å²) in [5.74, 6) is 0. The zero-order chi connectivity index (χ0) is 13.5. The number of nitrogens with one attached hydrogen (secondary N) is 1. The molecule has 0 aliphatic carbocycles. The molecule has 1 atom stereocenters. The third-order valence-corrected chi connectivity index (χ3v) is 4.92. The van der Waals surface area contributed by atoms with Crippen LogP contribution >= 0.6 is 11.3 Å². The fourth-order valence-electron chi connectivity index (χ4n) is 2.50. The number of hydrogen-bond donors (Lipinski definition) is 1. The first kappa shape index (κ1) is 15.0. The van der Waals surface area contributed by atoms with Crippen LogP contribution in [0.2, 0.25) is 0 Å². The number of likely N-dealkylation sites (N-methyl/N-ethyl adjacent to an activating group) is 1. The summed E-state index contributed by atoms with van der Waals surface area (Å²) < 4.78 is 0. The van der Waals surface area contributed by atoms with Crippen molar-refractivity contribution in [2.45, 2.75) is 32.4 Å². The van der Waals surface area contributed by atoms with Crippen molar-refractivity contribution >= 4 is 11.3 Å². The number of rotatable bonds is 8. The largest absolute Gasteiger partial charge is 0.310 e. The summed E-state index contributed by atoms with van der Waals surface area (Å²) >= 11 is 1.83. The van der Waals surface area contributed by atoms with E-state index in [2.05, 4.69) is 46.6 Å². The van der Waals surface area contributed by atoms with Gasteiger partial charge in [-0.15, -0.1) is 11.3 Å². The van der Waals surface area contributed by atoms with Gasteiger partial charge >= 0.3 is 0 Å². The van der Waals surface area contributed by atoms with Gasteiger partial charge in [0.1, 0.15) is 0 Å². The van der Waals surface area contributed by atoms with E-state index >= 15 is 0 Å². The molecule has 108 valence electrons. The fourth-order valence-corrected chi connectivity index (χ4v) is 3.17. The lowest BCUT2D eigenvalue weighted by Gasteiger charge is -2.27. The minimum Gasteiger partial charge on any atom is -0.310 e. The molecule has 1 aromatic heterocycles. The van der Waals surface area contributed by atoms with Crippen LogP contribution in [0.4, 0.5) is 0 Å². The molecule has 0 amide bonds. The summed E-state index contributed by atoms with van der Waals surface area (Å²) in [6, 6.07) is 4.91. The number of likely N-dealkylation sites (tertiary alicyclic amines) is 1. The van der Waals surface area contributed by atoms with Gasteiger partial charge < -0.3 is 15.1 Å². The van der Waals surface area contributed by atoms with Crippen molar-refractivity contribution in [3.05, 3.63) is 22.4 Å². The molecule has 0 spiro atoms. The van der Waals surface area contributed by atoms with Crippen LogP contribution in [0.5, 0.6) is 0 Å². The molecule has 1 aliphatic rings. The fraction of sp³-hybridized carbons (Fsp3) is 0.733. The molecule has 1 saturated heterocycles. The van der Waals surface area contributed by atoms with Gasteiger partial charge in [-0.1, -0.05) is 6.07 Å². The van der Waals surface area contributed by atoms with Crippen LogP contribution in [0.25, 0.3) is 0 Å². The molecule has 2 rings (SSSR count). The molecular formula is C15H27N3S. The average Bonchev–Trinajstić information content (AvgIpc) is 3.08. The normalized spacial score (nSPS) is 18.3. The van der Waals surface area contributed by atoms with Crippen molar-refractivity contribution in [3.63, 3.8) is 0 Å². The highest BCUT2D eigenvalue weighted by atomic mass is 32.1. The standard InChI is InChI=1S/C15H27N3S/c1-14(12-16-13-15-6-5-11-19-15)17(2)9-10-18-7-3-4-8-18/h5-6,11,14,16H,3-4,7-10,12-13H2,1-2H3. The van der Waals surface area contributed by atoms with Crippen LogP contribution in [-0.2, 0) is 6.54 Å². The average molecular weight is 281 g/mol. The Hall–Kier alpha value is -0.420. The van der Waals surface area contributed by atoms with Gasteiger partial charge in [-0.2, -0.15) is 0 Å². The predicted molar refractivity (Wildman–Crippen MR) is 83.8 cm³/mol. The highest BCUT2D eigenvalue weighted by Gasteiger charge is 2.14. The molecule has 0 saturated carbocycles. The van der Waals surface area contributed by atoms with Crippen LogP contribution in [0.15, 0.2) is 17.5 Å². The Morgan fingerprint density at radius 2 is 2.21 bits per heavy atom. The first-order valence-electron chi connectivity index (χ1n) is 7.41. The molecule has 3 nitrogen and oxygen atoms in total. The van der Waals surface area contributed by atoms with Crippen LogP contribution in [0.3, 0.4) is 0 Å². The van der Waals surface area contributed by atoms with E-state index in [9.17, 15) is 0 Å². The summed E-state index contributed by atoms with van der Waals surface area (Å²) in [6.07, 6.45) is 2.78. The molecule has 1 aliphatic heterocycles. The van der Waals surface area contributed by atoms with Gasteiger partial charge in [0.15, 0.2) is 0 Å². The number of thiophene rings is 1. The maximum absolute atomic E-state index is 3.55. The Kier molecular flexibility index (Phi) is 6.31. The third kappa shape index (κ3) is 5.22. The zero-order valence-corrected chi connectivity index (χ0v) is 13.1. The van der Waals surface area contributed by atoms with Crippen molar-refractivity contribution < 1.29 is 0 Å². The lowest BCUT2D eigenvalue weighted by Crippen LogP contribution is -2.41. The number of hydrogen-bond acceptors (Lipinski definition) is 4. The minimum atomic E-state index is 0.600. The third-order valence-electron chi connectivity index (χ3n) is 4.04. The van der Waals surface area contributed by atoms with Gasteiger partial charge in [-0.3, -0.25) is 0 Å². The van der Waals surface area contributed by atoms with Crippen LogP contribution in [0.1, 0.15) is 24.6 Å². The van der Waals surface area contributed by atoms with Crippen molar-refractivity contribution in [1.29, 1.82) is 0 Å². The second-order valence-corrected chi connectivity index (χ2v) is 6.62. The SMILES string of the molecule is CC(CNCc1cccs1)N(C)CCN1CCCC1. The molecule has 1 unspecified atom stereocenters. The first-order chi connectivity index (χ1) is 9.25. The second kappa shape index (κ2) is 8.00. The zero-order valence-electron chi connectivity index (χ0n) is 12.3. The molecule has 1 aromatic rings. The predicted octanol–water partition coefficient (Wildman–Crippen LogP) is 2.25. The van der Waals surface area contributed by atoms with Gasteiger partial charge in [-0.05, 0) is 51.3 Å². The lowest BCUT2D eigenvalue weighted by molar-refractivity contribution is 0.211. The summed E-state index contributed by atoms with van der Waals surface area (Å²) in [4.78, 5) is 6.48. The first-order valence-corrected chi connectivity index (χ1v) is 8.29. The molecule has 0 radical (unpaired) electrons. The lowest BCUT2D eigenvalue weighted by atomic mass is 10.3. The molecule has 1 fully saturated rings. The van der Waals surface area contributed by atoms with E-state index in [0.717, 1.165) is 13.1 Å². The van der Waals surface area contributed by atoms with Gasteiger partial charge in [0.05, 0.1) is 0 Å². The molecule has 0 bridgehead atoms. The van der Waals surface area contributed by atoms with Crippen LogP contribution in [-0.4, -0.2) is 55.6 Å². The Morgan fingerprint density at radius 1 is 1.42 bits per heavy atom. The van der Waals surface area contributed by atoms with Crippen molar-refractivity contribution in [2.75, 3.05) is 39.8 Å². The smallest absolute Gasteiger partial charge is 0.0300 e. The molecule has 0 aromatic carbocycles. The Morgan fingerprint density at radius 3 is 2.89 bits per heavy atom. The van der Waals surface area contributed by atoms with E-state index in [1.165, 1.54) is 43.9 Å². The van der Waals surface area contributed by atoms with Gasteiger partial charge in [-0.25, -0.2) is 0 Å². The summed E-state index contributed by atoms with van der Waals surface area (Å²) in [5.41, 5.74) is 0. The molecule has 19 heavy (non-hydrogen) atoms. The van der Waals surface area contributed by atoms with Gasteiger partial charge in [0.2, 0.25) is 0 Å².